The summed E-state index contributed by atoms with van der Waals surface area (Å²) in [5, 5.41) is 4.20. The molecule has 142 valence electrons. The van der Waals surface area contributed by atoms with Crippen LogP contribution in [-0.4, -0.2) is 4.98 Å². The molecule has 0 N–H and O–H groups in total. The van der Waals surface area contributed by atoms with Crippen LogP contribution in [-0.2, 0) is 6.16 Å². The molecule has 4 heteroatoms. The first-order valence-corrected chi connectivity index (χ1v) is 14.2. The molecule has 28 heavy (non-hydrogen) atoms. The molecule has 0 spiro atoms. The zero-order valence-electron chi connectivity index (χ0n) is 15.4. The Hall–Kier alpha value is -1.74. The van der Waals surface area contributed by atoms with Crippen molar-refractivity contribution in [1.29, 1.82) is 0 Å². The van der Waals surface area contributed by atoms with Gasteiger partial charge in [-0.3, -0.25) is 0 Å². The first kappa shape index (κ1) is 21.0. The molecular weight excluding hydrogens is 496 g/mol. The van der Waals surface area contributed by atoms with Gasteiger partial charge in [0.15, 0.2) is 0 Å². The molecule has 4 rings (SSSR count). The van der Waals surface area contributed by atoms with E-state index >= 15 is 0 Å². The normalized spacial score (nSPS) is 12.4. The fourth-order valence-corrected chi connectivity index (χ4v) is 12.6. The number of halogens is 2. The summed E-state index contributed by atoms with van der Waals surface area (Å²) in [5.41, 5.74) is 1.31. The van der Waals surface area contributed by atoms with Crippen molar-refractivity contribution in [1.82, 2.24) is 4.98 Å². The van der Waals surface area contributed by atoms with Crippen LogP contribution in [0.15, 0.2) is 116 Å². The Kier molecular flexibility index (Phi) is 6.54. The van der Waals surface area contributed by atoms with Crippen LogP contribution in [0, 0.1) is 0 Å². The van der Waals surface area contributed by atoms with E-state index in [0.29, 0.717) is 0 Å². The van der Waals surface area contributed by atoms with Gasteiger partial charge in [0.25, 0.3) is 0 Å². The summed E-state index contributed by atoms with van der Waals surface area (Å²) in [4.78, 5) is 4.23. The van der Waals surface area contributed by atoms with Crippen LogP contribution in [0.5, 0.6) is 0 Å². The quantitative estimate of drug-likeness (QED) is 0.238. The van der Waals surface area contributed by atoms with Gasteiger partial charge >= 0.3 is 174 Å². The van der Waals surface area contributed by atoms with Gasteiger partial charge in [-0.05, 0) is 0 Å². The number of nitrogens with zero attached hydrogens (tertiary/aromatic N) is 1. The summed E-state index contributed by atoms with van der Waals surface area (Å²) in [6, 6.07) is 37.3. The molecule has 3 aromatic carbocycles. The van der Waals surface area contributed by atoms with Gasteiger partial charge in [-0.2, -0.15) is 0 Å². The Bertz CT molecular complexity index is 912. The fourth-order valence-electron chi connectivity index (χ4n) is 3.77. The van der Waals surface area contributed by atoms with E-state index in [1.165, 1.54) is 21.5 Å². The van der Waals surface area contributed by atoms with Gasteiger partial charge in [0.05, 0.1) is 0 Å². The predicted octanol–water partition coefficient (Wildman–Crippen LogP) is 5.88. The summed E-state index contributed by atoms with van der Waals surface area (Å²) in [6.45, 7) is 0. The SMILES string of the molecule is Cl.IP(Cc1ccncc1)(c1ccccc1)(c1ccccc1)c1ccccc1. The summed E-state index contributed by atoms with van der Waals surface area (Å²) < 4.78 is -2.74. The van der Waals surface area contributed by atoms with E-state index in [1.54, 1.807) is 0 Å². The molecule has 0 amide bonds. The van der Waals surface area contributed by atoms with Crippen molar-refractivity contribution in [2.75, 3.05) is 0 Å². The number of benzene rings is 3. The van der Waals surface area contributed by atoms with E-state index in [1.807, 2.05) is 12.4 Å². The third-order valence-electron chi connectivity index (χ3n) is 5.11. The molecule has 1 aromatic heterocycles. The van der Waals surface area contributed by atoms with E-state index in [9.17, 15) is 0 Å². The molecule has 1 heterocycles. The molecule has 0 unspecified atom stereocenters. The molecule has 0 fully saturated rings. The molecule has 0 saturated carbocycles. The van der Waals surface area contributed by atoms with E-state index in [4.69, 9.17) is 0 Å². The van der Waals surface area contributed by atoms with Crippen LogP contribution in [0.1, 0.15) is 5.56 Å². The molecule has 1 nitrogen and oxygen atoms in total. The second-order valence-corrected chi connectivity index (χ2v) is 17.3. The molecule has 0 atom stereocenters. The van der Waals surface area contributed by atoms with Crippen molar-refractivity contribution >= 4 is 54.6 Å². The van der Waals surface area contributed by atoms with E-state index in [0.717, 1.165) is 6.16 Å². The van der Waals surface area contributed by atoms with Crippen molar-refractivity contribution in [3.8, 4) is 0 Å². The summed E-state index contributed by atoms with van der Waals surface area (Å²) >= 11 is 2.82. The molecule has 0 aliphatic heterocycles. The Balaban J connectivity index is 0.00000225. The monoisotopic (exact) mass is 517 g/mol. The second-order valence-electron chi connectivity index (χ2n) is 6.70. The molecule has 0 saturated heterocycles. The van der Waals surface area contributed by atoms with Crippen LogP contribution in [0.4, 0.5) is 0 Å². The summed E-state index contributed by atoms with van der Waals surface area (Å²) in [5.74, 6) is 0. The number of hydrogen-bond donors (Lipinski definition) is 0. The van der Waals surface area contributed by atoms with Gasteiger partial charge in [0.1, 0.15) is 0 Å². The van der Waals surface area contributed by atoms with Gasteiger partial charge in [-0.25, -0.2) is 0 Å². The zero-order valence-corrected chi connectivity index (χ0v) is 19.2. The van der Waals surface area contributed by atoms with Crippen LogP contribution in [0.2, 0.25) is 0 Å². The van der Waals surface area contributed by atoms with Crippen molar-refractivity contribution in [3.05, 3.63) is 121 Å². The van der Waals surface area contributed by atoms with Gasteiger partial charge in [-0.15, -0.1) is 12.4 Å². The first-order valence-electron chi connectivity index (χ1n) is 9.00. The number of rotatable bonds is 5. The average Bonchev–Trinajstić information content (AvgIpc) is 2.76. The molecule has 4 aromatic rings. The zero-order chi connectivity index (χ0) is 18.6. The van der Waals surface area contributed by atoms with Gasteiger partial charge in [0, 0.05) is 0 Å². The molecule has 0 aliphatic carbocycles. The number of pyridine rings is 1. The maximum absolute atomic E-state index is 4.23. The summed E-state index contributed by atoms with van der Waals surface area (Å²) in [7, 11) is 0. The topological polar surface area (TPSA) is 12.9 Å². The van der Waals surface area contributed by atoms with Gasteiger partial charge in [0.2, 0.25) is 0 Å². The third kappa shape index (κ3) is 3.61. The summed E-state index contributed by atoms with van der Waals surface area (Å²) in [6.07, 6.45) is 4.76. The van der Waals surface area contributed by atoms with Crippen molar-refractivity contribution in [3.63, 3.8) is 0 Å². The van der Waals surface area contributed by atoms with Crippen LogP contribution in [0.3, 0.4) is 0 Å². The standard InChI is InChI=1S/C24H21INP.ClH/c25-27(22-10-4-1-5-11-22,23-12-6-2-7-13-23,24-14-8-3-9-15-24)20-21-16-18-26-19-17-21;/h1-19H,20H2;1H. The Labute approximate surface area is 186 Å². The molecule has 0 aliphatic rings. The second kappa shape index (κ2) is 8.73. The fraction of sp³-hybridized carbons (Fsp3) is 0.0417. The van der Waals surface area contributed by atoms with Crippen molar-refractivity contribution in [2.24, 2.45) is 0 Å². The average molecular weight is 518 g/mol. The third-order valence-corrected chi connectivity index (χ3v) is 16.2. The minimum absolute atomic E-state index is 0. The first-order chi connectivity index (χ1) is 13.2. The minimum atomic E-state index is -2.74. The number of hydrogen-bond acceptors (Lipinski definition) is 1. The Morgan fingerprint density at radius 2 is 0.929 bits per heavy atom. The van der Waals surface area contributed by atoms with Gasteiger partial charge in [-0.1, -0.05) is 0 Å². The number of aromatic nitrogens is 1. The van der Waals surface area contributed by atoms with E-state index in [2.05, 4.69) is 130 Å². The van der Waals surface area contributed by atoms with E-state index < -0.39 is 4.25 Å². The molecule has 0 radical (unpaired) electrons. The van der Waals surface area contributed by atoms with Crippen molar-refractivity contribution in [2.45, 2.75) is 6.16 Å². The van der Waals surface area contributed by atoms with Crippen LogP contribution < -0.4 is 15.9 Å². The van der Waals surface area contributed by atoms with Gasteiger partial charge < -0.3 is 0 Å². The maximum atomic E-state index is 4.23. The Morgan fingerprint density at radius 3 is 1.29 bits per heavy atom. The van der Waals surface area contributed by atoms with E-state index in [-0.39, 0.29) is 12.4 Å². The van der Waals surface area contributed by atoms with Crippen LogP contribution >= 0.6 is 38.7 Å². The van der Waals surface area contributed by atoms with Crippen molar-refractivity contribution < 1.29 is 0 Å². The molecular formula is C24H22ClINP. The Morgan fingerprint density at radius 1 is 0.571 bits per heavy atom. The van der Waals surface area contributed by atoms with Crippen LogP contribution in [0.25, 0.3) is 0 Å². The molecule has 0 bridgehead atoms. The predicted molar refractivity (Wildman–Crippen MR) is 134 cm³/mol.